The van der Waals surface area contributed by atoms with Crippen LogP contribution in [-0.2, 0) is 17.4 Å². The number of hydrogen-bond acceptors (Lipinski definition) is 4. The molecule has 1 aromatic heterocycles. The first-order valence-corrected chi connectivity index (χ1v) is 8.79. The fourth-order valence-electron chi connectivity index (χ4n) is 2.39. The van der Waals surface area contributed by atoms with Crippen molar-refractivity contribution >= 4 is 22.4 Å². The average molecular weight is 392 g/mol. The van der Waals surface area contributed by atoms with E-state index in [1.807, 2.05) is 29.6 Å². The largest absolute Gasteiger partial charge is 0.497 e. The molecular formula is C19H15F3N2O2S. The number of rotatable bonds is 5. The Kier molecular flexibility index (Phi) is 5.46. The number of nitrogens with zero attached hydrogens (tertiary/aromatic N) is 1. The van der Waals surface area contributed by atoms with Gasteiger partial charge in [0.15, 0.2) is 5.13 Å². The number of thiazole rings is 1. The average Bonchev–Trinajstić information content (AvgIpc) is 3.09. The summed E-state index contributed by atoms with van der Waals surface area (Å²) in [6, 6.07) is 11.9. The van der Waals surface area contributed by atoms with Gasteiger partial charge in [-0.2, -0.15) is 13.2 Å². The summed E-state index contributed by atoms with van der Waals surface area (Å²) < 4.78 is 42.8. The first-order valence-electron chi connectivity index (χ1n) is 7.91. The standard InChI is InChI=1S/C19H15F3N2O2S/c1-26-15-8-4-13(5-9-15)16-11-27-18(23-16)24-17(25)10-12-2-6-14(7-3-12)19(20,21)22/h2-9,11H,10H2,1H3,(H,23,24,25). The molecule has 1 heterocycles. The molecule has 0 fully saturated rings. The van der Waals surface area contributed by atoms with E-state index in [9.17, 15) is 18.0 Å². The monoisotopic (exact) mass is 392 g/mol. The molecule has 2 aromatic carbocycles. The van der Waals surface area contributed by atoms with Crippen molar-refractivity contribution in [3.8, 4) is 17.0 Å². The van der Waals surface area contributed by atoms with Crippen molar-refractivity contribution in [1.82, 2.24) is 4.98 Å². The Morgan fingerprint density at radius 1 is 1.11 bits per heavy atom. The first-order chi connectivity index (χ1) is 12.8. The van der Waals surface area contributed by atoms with E-state index in [0.717, 1.165) is 23.4 Å². The highest BCUT2D eigenvalue weighted by Gasteiger charge is 2.29. The number of carbonyl (C=O) groups is 1. The SMILES string of the molecule is COc1ccc(-c2csc(NC(=O)Cc3ccc(C(F)(F)F)cc3)n2)cc1. The summed E-state index contributed by atoms with van der Waals surface area (Å²) in [7, 11) is 1.59. The number of aromatic nitrogens is 1. The van der Waals surface area contributed by atoms with E-state index >= 15 is 0 Å². The summed E-state index contributed by atoms with van der Waals surface area (Å²) in [4.78, 5) is 16.5. The van der Waals surface area contributed by atoms with Crippen LogP contribution in [0.5, 0.6) is 5.75 Å². The van der Waals surface area contributed by atoms with Crippen molar-refractivity contribution in [2.75, 3.05) is 12.4 Å². The molecule has 4 nitrogen and oxygen atoms in total. The number of alkyl halides is 3. The number of amides is 1. The van der Waals surface area contributed by atoms with Crippen molar-refractivity contribution in [3.05, 3.63) is 65.0 Å². The Bertz CT molecular complexity index is 919. The molecule has 3 aromatic rings. The van der Waals surface area contributed by atoms with E-state index in [1.54, 1.807) is 7.11 Å². The van der Waals surface area contributed by atoms with E-state index in [-0.39, 0.29) is 12.3 Å². The Labute approximate surface area is 157 Å². The predicted molar refractivity (Wildman–Crippen MR) is 97.9 cm³/mol. The van der Waals surface area contributed by atoms with E-state index < -0.39 is 11.7 Å². The highest BCUT2D eigenvalue weighted by molar-refractivity contribution is 7.14. The quantitative estimate of drug-likeness (QED) is 0.663. The van der Waals surface area contributed by atoms with Crippen LogP contribution >= 0.6 is 11.3 Å². The van der Waals surface area contributed by atoms with Gasteiger partial charge in [0.05, 0.1) is 24.8 Å². The van der Waals surface area contributed by atoms with Gasteiger partial charge in [-0.1, -0.05) is 12.1 Å². The number of methoxy groups -OCH3 is 1. The third-order valence-corrected chi connectivity index (χ3v) is 4.54. The molecule has 0 atom stereocenters. The van der Waals surface area contributed by atoms with Gasteiger partial charge in [0.2, 0.25) is 5.91 Å². The van der Waals surface area contributed by atoms with Crippen LogP contribution in [-0.4, -0.2) is 18.0 Å². The van der Waals surface area contributed by atoms with Gasteiger partial charge in [0.25, 0.3) is 0 Å². The highest BCUT2D eigenvalue weighted by atomic mass is 32.1. The number of nitrogens with one attached hydrogen (secondary N) is 1. The summed E-state index contributed by atoms with van der Waals surface area (Å²) in [6.45, 7) is 0. The second-order valence-electron chi connectivity index (χ2n) is 5.69. The lowest BCUT2D eigenvalue weighted by Gasteiger charge is -2.07. The van der Waals surface area contributed by atoms with Crippen molar-refractivity contribution < 1.29 is 22.7 Å². The summed E-state index contributed by atoms with van der Waals surface area (Å²) >= 11 is 1.28. The minimum Gasteiger partial charge on any atom is -0.497 e. The molecule has 0 aliphatic rings. The van der Waals surface area contributed by atoms with Gasteiger partial charge in [-0.3, -0.25) is 4.79 Å². The molecule has 140 valence electrons. The zero-order valence-electron chi connectivity index (χ0n) is 14.2. The van der Waals surface area contributed by atoms with E-state index in [1.165, 1.54) is 23.5 Å². The summed E-state index contributed by atoms with van der Waals surface area (Å²) in [5, 5.41) is 4.91. The highest BCUT2D eigenvalue weighted by Crippen LogP contribution is 2.29. The molecule has 0 saturated carbocycles. The maximum absolute atomic E-state index is 12.6. The Hall–Kier alpha value is -2.87. The van der Waals surface area contributed by atoms with Crippen LogP contribution in [0.15, 0.2) is 53.9 Å². The molecule has 1 N–H and O–H groups in total. The van der Waals surface area contributed by atoms with Crippen molar-refractivity contribution in [2.24, 2.45) is 0 Å². The Morgan fingerprint density at radius 2 is 1.78 bits per heavy atom. The molecule has 0 unspecified atom stereocenters. The third kappa shape index (κ3) is 4.85. The molecule has 27 heavy (non-hydrogen) atoms. The van der Waals surface area contributed by atoms with Crippen LogP contribution in [0, 0.1) is 0 Å². The fourth-order valence-corrected chi connectivity index (χ4v) is 3.12. The van der Waals surface area contributed by atoms with Crippen LogP contribution in [0.2, 0.25) is 0 Å². The van der Waals surface area contributed by atoms with E-state index in [0.29, 0.717) is 16.4 Å². The molecule has 8 heteroatoms. The molecule has 0 radical (unpaired) electrons. The number of anilines is 1. The van der Waals surface area contributed by atoms with E-state index in [4.69, 9.17) is 4.74 Å². The van der Waals surface area contributed by atoms with Crippen LogP contribution in [0.4, 0.5) is 18.3 Å². The van der Waals surface area contributed by atoms with Crippen molar-refractivity contribution in [1.29, 1.82) is 0 Å². The molecule has 0 bridgehead atoms. The first kappa shape index (κ1) is 18.9. The lowest BCUT2D eigenvalue weighted by molar-refractivity contribution is -0.137. The van der Waals surface area contributed by atoms with Crippen LogP contribution < -0.4 is 10.1 Å². The minimum atomic E-state index is -4.39. The fraction of sp³-hybridized carbons (Fsp3) is 0.158. The second-order valence-corrected chi connectivity index (χ2v) is 6.54. The molecule has 3 rings (SSSR count). The molecular weight excluding hydrogens is 377 g/mol. The number of ether oxygens (including phenoxy) is 1. The molecule has 0 aliphatic carbocycles. The topological polar surface area (TPSA) is 51.2 Å². The number of benzene rings is 2. The third-order valence-electron chi connectivity index (χ3n) is 3.78. The number of halogens is 3. The summed E-state index contributed by atoms with van der Waals surface area (Å²) in [5.41, 5.74) is 1.35. The van der Waals surface area contributed by atoms with Gasteiger partial charge in [-0.25, -0.2) is 4.98 Å². The number of carbonyl (C=O) groups excluding carboxylic acids is 1. The predicted octanol–water partition coefficient (Wildman–Crippen LogP) is 5.02. The van der Waals surface area contributed by atoms with Gasteiger partial charge in [0, 0.05) is 10.9 Å². The summed E-state index contributed by atoms with van der Waals surface area (Å²) in [6.07, 6.45) is -4.42. The second kappa shape index (κ2) is 7.79. The molecule has 0 aliphatic heterocycles. The van der Waals surface area contributed by atoms with E-state index in [2.05, 4.69) is 10.3 Å². The number of hydrogen-bond donors (Lipinski definition) is 1. The maximum atomic E-state index is 12.6. The van der Waals surface area contributed by atoms with Gasteiger partial charge in [0.1, 0.15) is 5.75 Å². The van der Waals surface area contributed by atoms with Crippen molar-refractivity contribution in [3.63, 3.8) is 0 Å². The van der Waals surface area contributed by atoms with Gasteiger partial charge in [-0.05, 0) is 42.0 Å². The Balaban J connectivity index is 1.62. The lowest BCUT2D eigenvalue weighted by Crippen LogP contribution is -2.14. The maximum Gasteiger partial charge on any atom is 0.416 e. The van der Waals surface area contributed by atoms with Gasteiger partial charge >= 0.3 is 6.18 Å². The van der Waals surface area contributed by atoms with Crippen LogP contribution in [0.25, 0.3) is 11.3 Å². The van der Waals surface area contributed by atoms with Crippen LogP contribution in [0.1, 0.15) is 11.1 Å². The normalized spacial score (nSPS) is 11.3. The van der Waals surface area contributed by atoms with Gasteiger partial charge < -0.3 is 10.1 Å². The summed E-state index contributed by atoms with van der Waals surface area (Å²) in [5.74, 6) is 0.393. The molecule has 0 saturated heterocycles. The van der Waals surface area contributed by atoms with Gasteiger partial charge in [-0.15, -0.1) is 11.3 Å². The minimum absolute atomic E-state index is 0.0322. The lowest BCUT2D eigenvalue weighted by atomic mass is 10.1. The molecule has 0 spiro atoms. The zero-order chi connectivity index (χ0) is 19.4. The van der Waals surface area contributed by atoms with Crippen molar-refractivity contribution in [2.45, 2.75) is 12.6 Å². The molecule has 1 amide bonds. The Morgan fingerprint density at radius 3 is 2.37 bits per heavy atom. The smallest absolute Gasteiger partial charge is 0.416 e. The zero-order valence-corrected chi connectivity index (χ0v) is 15.0. The van der Waals surface area contributed by atoms with Crippen LogP contribution in [0.3, 0.4) is 0 Å².